The summed E-state index contributed by atoms with van der Waals surface area (Å²) in [6.07, 6.45) is -9.31. The Hall–Kier alpha value is -2.06. The van der Waals surface area contributed by atoms with E-state index < -0.39 is 35.6 Å². The minimum absolute atomic E-state index is 0.237. The number of hydrogen-bond donors (Lipinski definition) is 2. The van der Waals surface area contributed by atoms with Gasteiger partial charge in [-0.25, -0.2) is 0 Å². The van der Waals surface area contributed by atoms with E-state index in [0.717, 1.165) is 24.3 Å². The van der Waals surface area contributed by atoms with Crippen LogP contribution in [0.25, 0.3) is 0 Å². The SMILES string of the molecule is NCC(O)(c1cccc(C(F)(F)F)c1)c1cccc(C(F)(F)F)c1. The van der Waals surface area contributed by atoms with Gasteiger partial charge in [-0.3, -0.25) is 0 Å². The Balaban J connectivity index is 2.57. The number of alkyl halides is 6. The van der Waals surface area contributed by atoms with Crippen molar-refractivity contribution in [2.24, 2.45) is 5.73 Å². The average molecular weight is 349 g/mol. The van der Waals surface area contributed by atoms with Gasteiger partial charge < -0.3 is 10.8 Å². The largest absolute Gasteiger partial charge is 0.416 e. The second-order valence-electron chi connectivity index (χ2n) is 5.22. The van der Waals surface area contributed by atoms with Gasteiger partial charge in [0.05, 0.1) is 11.1 Å². The summed E-state index contributed by atoms with van der Waals surface area (Å²) in [5.41, 5.74) is 0.767. The van der Waals surface area contributed by atoms with Crippen molar-refractivity contribution in [3.8, 4) is 0 Å². The van der Waals surface area contributed by atoms with E-state index in [4.69, 9.17) is 5.73 Å². The van der Waals surface area contributed by atoms with Gasteiger partial charge in [-0.1, -0.05) is 24.3 Å². The van der Waals surface area contributed by atoms with Crippen LogP contribution in [0, 0.1) is 0 Å². The van der Waals surface area contributed by atoms with E-state index in [1.165, 1.54) is 12.1 Å². The van der Waals surface area contributed by atoms with Crippen LogP contribution in [0.3, 0.4) is 0 Å². The summed E-state index contributed by atoms with van der Waals surface area (Å²) in [5.74, 6) is 0. The second kappa shape index (κ2) is 6.10. The molecule has 130 valence electrons. The van der Waals surface area contributed by atoms with Crippen LogP contribution in [0.4, 0.5) is 26.3 Å². The van der Waals surface area contributed by atoms with Crippen molar-refractivity contribution in [3.05, 3.63) is 70.8 Å². The zero-order valence-electron chi connectivity index (χ0n) is 12.1. The summed E-state index contributed by atoms with van der Waals surface area (Å²) in [6, 6.07) is 7.43. The van der Waals surface area contributed by atoms with Crippen LogP contribution < -0.4 is 5.73 Å². The summed E-state index contributed by atoms with van der Waals surface area (Å²) in [7, 11) is 0. The summed E-state index contributed by atoms with van der Waals surface area (Å²) in [5, 5.41) is 10.7. The van der Waals surface area contributed by atoms with E-state index in [9.17, 15) is 31.4 Å². The fraction of sp³-hybridized carbons (Fsp3) is 0.250. The normalized spacial score (nSPS) is 13.2. The molecule has 0 atom stereocenters. The van der Waals surface area contributed by atoms with Gasteiger partial charge in [0.2, 0.25) is 0 Å². The molecule has 0 aliphatic carbocycles. The maximum atomic E-state index is 12.8. The number of benzene rings is 2. The molecule has 0 unspecified atom stereocenters. The minimum atomic E-state index is -4.65. The summed E-state index contributed by atoms with van der Waals surface area (Å²) < 4.78 is 76.9. The molecular weight excluding hydrogens is 336 g/mol. The molecule has 3 N–H and O–H groups in total. The lowest BCUT2D eigenvalue weighted by Crippen LogP contribution is -2.36. The van der Waals surface area contributed by atoms with Gasteiger partial charge in [-0.15, -0.1) is 0 Å². The Morgan fingerprint density at radius 3 is 1.33 bits per heavy atom. The van der Waals surface area contributed by atoms with Crippen LogP contribution in [-0.4, -0.2) is 11.7 Å². The van der Waals surface area contributed by atoms with Crippen molar-refractivity contribution >= 4 is 0 Å². The molecule has 2 aromatic carbocycles. The topological polar surface area (TPSA) is 46.2 Å². The molecule has 0 aliphatic heterocycles. The summed E-state index contributed by atoms with van der Waals surface area (Å²) in [6.45, 7) is -0.588. The molecule has 0 spiro atoms. The third-order valence-electron chi connectivity index (χ3n) is 3.63. The lowest BCUT2D eigenvalue weighted by atomic mass is 9.85. The van der Waals surface area contributed by atoms with Crippen LogP contribution >= 0.6 is 0 Å². The van der Waals surface area contributed by atoms with Crippen LogP contribution in [0.2, 0.25) is 0 Å². The molecule has 0 bridgehead atoms. The van der Waals surface area contributed by atoms with E-state index >= 15 is 0 Å². The lowest BCUT2D eigenvalue weighted by molar-refractivity contribution is -0.138. The molecular formula is C16H13F6NO. The molecule has 24 heavy (non-hydrogen) atoms. The van der Waals surface area contributed by atoms with Gasteiger partial charge >= 0.3 is 12.4 Å². The maximum absolute atomic E-state index is 12.8. The fourth-order valence-electron chi connectivity index (χ4n) is 2.31. The Labute approximate surface area is 133 Å². The van der Waals surface area contributed by atoms with Gasteiger partial charge in [0.1, 0.15) is 5.60 Å². The molecule has 2 nitrogen and oxygen atoms in total. The molecule has 0 saturated heterocycles. The molecule has 0 fully saturated rings. The first kappa shape index (κ1) is 18.3. The molecule has 0 amide bonds. The first-order chi connectivity index (χ1) is 11.0. The monoisotopic (exact) mass is 349 g/mol. The van der Waals surface area contributed by atoms with E-state index in [-0.39, 0.29) is 11.1 Å². The molecule has 0 aliphatic rings. The predicted octanol–water partition coefficient (Wildman–Crippen LogP) is 3.92. The first-order valence-electron chi connectivity index (χ1n) is 6.76. The highest BCUT2D eigenvalue weighted by molar-refractivity contribution is 5.41. The van der Waals surface area contributed by atoms with Gasteiger partial charge in [-0.2, -0.15) is 26.3 Å². The van der Waals surface area contributed by atoms with Crippen molar-refractivity contribution in [1.29, 1.82) is 0 Å². The van der Waals surface area contributed by atoms with E-state index in [1.807, 2.05) is 0 Å². The summed E-state index contributed by atoms with van der Waals surface area (Å²) >= 11 is 0. The minimum Gasteiger partial charge on any atom is -0.379 e. The zero-order chi connectivity index (χ0) is 18.2. The van der Waals surface area contributed by atoms with Crippen molar-refractivity contribution < 1.29 is 31.4 Å². The van der Waals surface area contributed by atoms with Crippen molar-refractivity contribution in [2.45, 2.75) is 18.0 Å². The highest BCUT2D eigenvalue weighted by atomic mass is 19.4. The van der Waals surface area contributed by atoms with E-state index in [2.05, 4.69) is 0 Å². The molecule has 8 heteroatoms. The number of halogens is 6. The highest BCUT2D eigenvalue weighted by Crippen LogP contribution is 2.37. The van der Waals surface area contributed by atoms with Crippen LogP contribution in [0.1, 0.15) is 22.3 Å². The van der Waals surface area contributed by atoms with Crippen molar-refractivity contribution in [3.63, 3.8) is 0 Å². The Kier molecular flexibility index (Phi) is 4.65. The third kappa shape index (κ3) is 3.54. The van der Waals surface area contributed by atoms with Gasteiger partial charge in [0, 0.05) is 6.54 Å². The van der Waals surface area contributed by atoms with Crippen LogP contribution in [0.15, 0.2) is 48.5 Å². The Bertz CT molecular complexity index is 665. The number of rotatable bonds is 3. The van der Waals surface area contributed by atoms with Crippen molar-refractivity contribution in [2.75, 3.05) is 6.54 Å². The molecule has 2 aromatic rings. The fourth-order valence-corrected chi connectivity index (χ4v) is 2.31. The zero-order valence-corrected chi connectivity index (χ0v) is 12.1. The smallest absolute Gasteiger partial charge is 0.379 e. The Morgan fingerprint density at radius 1 is 0.708 bits per heavy atom. The lowest BCUT2D eigenvalue weighted by Gasteiger charge is -2.29. The van der Waals surface area contributed by atoms with Crippen LogP contribution in [0.5, 0.6) is 0 Å². The first-order valence-corrected chi connectivity index (χ1v) is 6.76. The van der Waals surface area contributed by atoms with Crippen molar-refractivity contribution in [1.82, 2.24) is 0 Å². The van der Waals surface area contributed by atoms with Gasteiger partial charge in [0.25, 0.3) is 0 Å². The summed E-state index contributed by atoms with van der Waals surface area (Å²) in [4.78, 5) is 0. The standard InChI is InChI=1S/C16H13F6NO/c17-15(18,19)12-5-1-3-10(7-12)14(24,9-23)11-4-2-6-13(8-11)16(20,21)22/h1-8,24H,9,23H2. The quantitative estimate of drug-likeness (QED) is 0.825. The predicted molar refractivity (Wildman–Crippen MR) is 74.9 cm³/mol. The highest BCUT2D eigenvalue weighted by Gasteiger charge is 2.37. The molecule has 0 radical (unpaired) electrons. The van der Waals surface area contributed by atoms with E-state index in [1.54, 1.807) is 0 Å². The van der Waals surface area contributed by atoms with Gasteiger partial charge in [0.15, 0.2) is 0 Å². The Morgan fingerprint density at radius 2 is 1.04 bits per heavy atom. The second-order valence-corrected chi connectivity index (χ2v) is 5.22. The number of hydrogen-bond acceptors (Lipinski definition) is 2. The number of nitrogens with two attached hydrogens (primary N) is 1. The third-order valence-corrected chi connectivity index (χ3v) is 3.63. The van der Waals surface area contributed by atoms with E-state index in [0.29, 0.717) is 12.1 Å². The molecule has 0 heterocycles. The van der Waals surface area contributed by atoms with Gasteiger partial charge in [-0.05, 0) is 35.4 Å². The molecule has 0 aromatic heterocycles. The molecule has 2 rings (SSSR count). The maximum Gasteiger partial charge on any atom is 0.416 e. The average Bonchev–Trinajstić information content (AvgIpc) is 2.53. The van der Waals surface area contributed by atoms with Crippen LogP contribution in [-0.2, 0) is 18.0 Å². The number of aliphatic hydroxyl groups is 1. The molecule has 0 saturated carbocycles.